The molecular weight excluding hydrogens is 182 g/mol. The number of carbonyl (C=O) groups is 2. The van der Waals surface area contributed by atoms with Gasteiger partial charge in [-0.05, 0) is 6.07 Å². The van der Waals surface area contributed by atoms with E-state index in [9.17, 15) is 9.59 Å². The first-order valence-electron chi connectivity index (χ1n) is 3.99. The summed E-state index contributed by atoms with van der Waals surface area (Å²) < 4.78 is 0. The number of benzene rings is 1. The molecule has 1 aromatic carbocycles. The third kappa shape index (κ3) is 1.95. The minimum atomic E-state index is -0.352. The lowest BCUT2D eigenvalue weighted by molar-refractivity contribution is 0.0715. The predicted molar refractivity (Wildman–Crippen MR) is 51.2 cm³/mol. The first kappa shape index (κ1) is 10.4. The molecule has 3 N–H and O–H groups in total. The Morgan fingerprint density at radius 1 is 1.50 bits per heavy atom. The molecule has 1 aromatic rings. The first-order valence-corrected chi connectivity index (χ1v) is 3.99. The molecule has 14 heavy (non-hydrogen) atoms. The maximum atomic E-state index is 11.6. The van der Waals surface area contributed by atoms with Crippen LogP contribution in [-0.4, -0.2) is 24.2 Å². The number of carbonyl (C=O) groups excluding carboxylic acids is 2. The van der Waals surface area contributed by atoms with Crippen molar-refractivity contribution in [1.29, 1.82) is 0 Å². The van der Waals surface area contributed by atoms with Gasteiger partial charge < -0.3 is 0 Å². The molecule has 0 aliphatic carbocycles. The molecule has 1 amide bonds. The van der Waals surface area contributed by atoms with Crippen LogP contribution >= 0.6 is 0 Å². The normalized spacial score (nSPS) is 9.57. The summed E-state index contributed by atoms with van der Waals surface area (Å²) in [6.07, 6.45) is 0.636. The highest BCUT2D eigenvalue weighted by Gasteiger charge is 2.13. The van der Waals surface area contributed by atoms with Crippen LogP contribution in [0.25, 0.3) is 0 Å². The van der Waals surface area contributed by atoms with Gasteiger partial charge >= 0.3 is 0 Å². The largest absolute Gasteiger partial charge is 0.298 e. The molecule has 0 saturated carbocycles. The number of nitrogens with zero attached hydrogens (tertiary/aromatic N) is 1. The molecule has 0 aliphatic rings. The summed E-state index contributed by atoms with van der Waals surface area (Å²) in [5.74, 6) is 4.72. The average molecular weight is 193 g/mol. The van der Waals surface area contributed by atoms with Gasteiger partial charge in [-0.15, -0.1) is 0 Å². The Hall–Kier alpha value is -1.72. The number of hydrazine groups is 2. The van der Waals surface area contributed by atoms with Crippen LogP contribution in [0.15, 0.2) is 24.3 Å². The zero-order chi connectivity index (χ0) is 10.6. The van der Waals surface area contributed by atoms with E-state index in [1.54, 1.807) is 24.3 Å². The minimum Gasteiger partial charge on any atom is -0.298 e. The van der Waals surface area contributed by atoms with Gasteiger partial charge in [0.15, 0.2) is 6.29 Å². The van der Waals surface area contributed by atoms with Crippen molar-refractivity contribution in [3.05, 3.63) is 35.4 Å². The number of rotatable bonds is 3. The highest BCUT2D eigenvalue weighted by atomic mass is 16.2. The van der Waals surface area contributed by atoms with E-state index >= 15 is 0 Å². The van der Waals surface area contributed by atoms with Crippen LogP contribution in [-0.2, 0) is 0 Å². The van der Waals surface area contributed by atoms with Gasteiger partial charge in [-0.3, -0.25) is 20.4 Å². The van der Waals surface area contributed by atoms with Crippen molar-refractivity contribution in [3.8, 4) is 0 Å². The third-order valence-electron chi connectivity index (χ3n) is 1.82. The first-order chi connectivity index (χ1) is 6.70. The fraction of sp³-hybridized carbons (Fsp3) is 0.111. The molecule has 0 heterocycles. The van der Waals surface area contributed by atoms with Crippen LogP contribution in [0.5, 0.6) is 0 Å². The molecule has 5 nitrogen and oxygen atoms in total. The van der Waals surface area contributed by atoms with Crippen LogP contribution in [0.3, 0.4) is 0 Å². The number of aldehydes is 1. The van der Waals surface area contributed by atoms with Gasteiger partial charge in [0.1, 0.15) is 0 Å². The van der Waals surface area contributed by atoms with Crippen molar-refractivity contribution in [1.82, 2.24) is 10.5 Å². The fourth-order valence-corrected chi connectivity index (χ4v) is 1.03. The summed E-state index contributed by atoms with van der Waals surface area (Å²) in [4.78, 5) is 22.2. The number of hydrogen-bond donors (Lipinski definition) is 2. The van der Waals surface area contributed by atoms with E-state index in [2.05, 4.69) is 5.53 Å². The van der Waals surface area contributed by atoms with E-state index in [-0.39, 0.29) is 5.91 Å². The summed E-state index contributed by atoms with van der Waals surface area (Å²) in [5.41, 5.74) is 2.85. The molecule has 0 fully saturated rings. The highest BCUT2D eigenvalue weighted by Crippen LogP contribution is 2.07. The second-order valence-corrected chi connectivity index (χ2v) is 2.70. The zero-order valence-corrected chi connectivity index (χ0v) is 7.73. The Bertz CT molecular complexity index is 352. The molecule has 0 atom stereocenters. The van der Waals surface area contributed by atoms with Gasteiger partial charge in [0, 0.05) is 12.6 Å². The Morgan fingerprint density at radius 3 is 2.71 bits per heavy atom. The molecule has 0 aromatic heterocycles. The monoisotopic (exact) mass is 193 g/mol. The van der Waals surface area contributed by atoms with Gasteiger partial charge in [0.05, 0.1) is 5.56 Å². The van der Waals surface area contributed by atoms with Crippen molar-refractivity contribution in [2.24, 2.45) is 5.84 Å². The molecular formula is C9H11N3O2. The minimum absolute atomic E-state index is 0.322. The van der Waals surface area contributed by atoms with Gasteiger partial charge in [0.25, 0.3) is 5.91 Å². The Balaban J connectivity index is 3.05. The van der Waals surface area contributed by atoms with E-state index in [1.807, 2.05) is 0 Å². The van der Waals surface area contributed by atoms with Gasteiger partial charge in [-0.2, -0.15) is 5.53 Å². The SMILES string of the molecule is CN(NN)C(=O)c1ccccc1C=O. The van der Waals surface area contributed by atoms with Crippen LogP contribution in [0.2, 0.25) is 0 Å². The molecule has 0 bridgehead atoms. The fourth-order valence-electron chi connectivity index (χ4n) is 1.03. The predicted octanol–water partition coefficient (Wildman–Crippen LogP) is -0.0506. The lowest BCUT2D eigenvalue weighted by Crippen LogP contribution is -2.44. The molecule has 74 valence electrons. The van der Waals surface area contributed by atoms with E-state index in [0.29, 0.717) is 17.4 Å². The van der Waals surface area contributed by atoms with Crippen LogP contribution in [0.1, 0.15) is 20.7 Å². The quantitative estimate of drug-likeness (QED) is 0.401. The molecule has 0 radical (unpaired) electrons. The Labute approximate surface area is 81.4 Å². The van der Waals surface area contributed by atoms with Crippen molar-refractivity contribution in [2.75, 3.05) is 7.05 Å². The van der Waals surface area contributed by atoms with Crippen molar-refractivity contribution in [3.63, 3.8) is 0 Å². The molecule has 1 rings (SSSR count). The van der Waals surface area contributed by atoms with Crippen LogP contribution < -0.4 is 11.4 Å². The average Bonchev–Trinajstić information content (AvgIpc) is 2.26. The van der Waals surface area contributed by atoms with E-state index in [4.69, 9.17) is 5.84 Å². The second kappa shape index (κ2) is 4.50. The second-order valence-electron chi connectivity index (χ2n) is 2.70. The Morgan fingerprint density at radius 2 is 2.14 bits per heavy atom. The number of hydrogen-bond acceptors (Lipinski definition) is 4. The maximum Gasteiger partial charge on any atom is 0.269 e. The van der Waals surface area contributed by atoms with Crippen molar-refractivity contribution in [2.45, 2.75) is 0 Å². The van der Waals surface area contributed by atoms with Crippen molar-refractivity contribution < 1.29 is 9.59 Å². The van der Waals surface area contributed by atoms with E-state index in [1.165, 1.54) is 7.05 Å². The van der Waals surface area contributed by atoms with Gasteiger partial charge in [0.2, 0.25) is 0 Å². The molecule has 0 unspecified atom stereocenters. The summed E-state index contributed by atoms with van der Waals surface area (Å²) in [6.45, 7) is 0. The Kier molecular flexibility index (Phi) is 3.33. The lowest BCUT2D eigenvalue weighted by Gasteiger charge is -2.15. The maximum absolute atomic E-state index is 11.6. The van der Waals surface area contributed by atoms with E-state index < -0.39 is 0 Å². The smallest absolute Gasteiger partial charge is 0.269 e. The molecule has 0 saturated heterocycles. The van der Waals surface area contributed by atoms with Crippen molar-refractivity contribution >= 4 is 12.2 Å². The standard InChI is InChI=1S/C9H11N3O2/c1-12(11-10)9(14)8-5-3-2-4-7(8)6-13/h2-6,11H,10H2,1H3. The number of nitrogens with two attached hydrogens (primary N) is 1. The van der Waals surface area contributed by atoms with Crippen LogP contribution in [0, 0.1) is 0 Å². The molecule has 0 aliphatic heterocycles. The van der Waals surface area contributed by atoms with E-state index in [0.717, 1.165) is 5.01 Å². The number of nitrogens with one attached hydrogen (secondary N) is 1. The summed E-state index contributed by atoms with van der Waals surface area (Å²) in [5, 5.41) is 1.10. The van der Waals surface area contributed by atoms with Gasteiger partial charge in [-0.25, -0.2) is 0 Å². The molecule has 5 heteroatoms. The third-order valence-corrected chi connectivity index (χ3v) is 1.82. The lowest BCUT2D eigenvalue weighted by atomic mass is 10.1. The summed E-state index contributed by atoms with van der Waals surface area (Å²) >= 11 is 0. The summed E-state index contributed by atoms with van der Waals surface area (Å²) in [7, 11) is 1.48. The zero-order valence-electron chi connectivity index (χ0n) is 7.73. The topological polar surface area (TPSA) is 75.4 Å². The number of amides is 1. The van der Waals surface area contributed by atoms with Gasteiger partial charge in [-0.1, -0.05) is 18.2 Å². The summed E-state index contributed by atoms with van der Waals surface area (Å²) in [6, 6.07) is 6.52. The molecule has 0 spiro atoms. The highest BCUT2D eigenvalue weighted by molar-refractivity contribution is 6.01. The van der Waals surface area contributed by atoms with Crippen LogP contribution in [0.4, 0.5) is 0 Å².